The van der Waals surface area contributed by atoms with Crippen LogP contribution in [0, 0.1) is 13.8 Å². The minimum absolute atomic E-state index is 0.0425. The van der Waals surface area contributed by atoms with E-state index in [1.807, 2.05) is 32.0 Å². The standard InChI is InChI=1S/C9H11N3O/c1-7-3-4-8(2)9(5-7)13-6-11-12-10/h3-5H,6H2,1-2H3. The summed E-state index contributed by atoms with van der Waals surface area (Å²) in [4.78, 5) is 2.60. The molecule has 4 nitrogen and oxygen atoms in total. The zero-order chi connectivity index (χ0) is 9.68. The number of hydrogen-bond acceptors (Lipinski definition) is 2. The Hall–Kier alpha value is -1.67. The van der Waals surface area contributed by atoms with Crippen LogP contribution in [0.15, 0.2) is 23.3 Å². The molecule has 0 amide bonds. The number of azide groups is 1. The molecule has 0 N–H and O–H groups in total. The van der Waals surface area contributed by atoms with Crippen LogP contribution in [-0.4, -0.2) is 6.73 Å². The maximum absolute atomic E-state index is 8.05. The molecule has 0 spiro atoms. The van der Waals surface area contributed by atoms with Crippen LogP contribution in [0.25, 0.3) is 10.4 Å². The van der Waals surface area contributed by atoms with Gasteiger partial charge in [0.25, 0.3) is 0 Å². The van der Waals surface area contributed by atoms with Gasteiger partial charge in [0.05, 0.1) is 0 Å². The van der Waals surface area contributed by atoms with E-state index in [9.17, 15) is 0 Å². The van der Waals surface area contributed by atoms with Crippen LogP contribution < -0.4 is 4.74 Å². The van der Waals surface area contributed by atoms with Crippen molar-refractivity contribution in [2.45, 2.75) is 13.8 Å². The highest BCUT2D eigenvalue weighted by Gasteiger charge is 1.97. The van der Waals surface area contributed by atoms with Gasteiger partial charge in [-0.05, 0) is 36.6 Å². The van der Waals surface area contributed by atoms with Gasteiger partial charge in [0.15, 0.2) is 6.73 Å². The molecule has 0 aliphatic heterocycles. The predicted octanol–water partition coefficient (Wildman–Crippen LogP) is 2.95. The summed E-state index contributed by atoms with van der Waals surface area (Å²) >= 11 is 0. The van der Waals surface area contributed by atoms with Crippen molar-refractivity contribution in [1.82, 2.24) is 0 Å². The lowest BCUT2D eigenvalue weighted by Gasteiger charge is -2.06. The molecule has 1 aromatic carbocycles. The van der Waals surface area contributed by atoms with E-state index in [1.165, 1.54) is 0 Å². The number of rotatable bonds is 3. The van der Waals surface area contributed by atoms with E-state index in [1.54, 1.807) is 0 Å². The molecule has 0 aliphatic carbocycles. The smallest absolute Gasteiger partial charge is 0.167 e. The van der Waals surface area contributed by atoms with Gasteiger partial charge in [-0.3, -0.25) is 0 Å². The maximum Gasteiger partial charge on any atom is 0.167 e. The van der Waals surface area contributed by atoms with Gasteiger partial charge in [0, 0.05) is 4.91 Å². The van der Waals surface area contributed by atoms with E-state index in [4.69, 9.17) is 10.3 Å². The second-order valence-corrected chi connectivity index (χ2v) is 2.77. The van der Waals surface area contributed by atoms with Crippen molar-refractivity contribution in [2.24, 2.45) is 5.11 Å². The molecule has 13 heavy (non-hydrogen) atoms. The van der Waals surface area contributed by atoms with Crippen LogP contribution >= 0.6 is 0 Å². The van der Waals surface area contributed by atoms with Crippen molar-refractivity contribution in [2.75, 3.05) is 6.73 Å². The Morgan fingerprint density at radius 2 is 2.23 bits per heavy atom. The number of ether oxygens (including phenoxy) is 1. The van der Waals surface area contributed by atoms with Crippen LogP contribution in [0.1, 0.15) is 11.1 Å². The van der Waals surface area contributed by atoms with Crippen molar-refractivity contribution in [3.8, 4) is 5.75 Å². The molecule has 0 aliphatic rings. The first-order valence-corrected chi connectivity index (χ1v) is 3.95. The minimum Gasteiger partial charge on any atom is -0.487 e. The minimum atomic E-state index is 0.0425. The van der Waals surface area contributed by atoms with Gasteiger partial charge in [-0.15, -0.1) is 0 Å². The quantitative estimate of drug-likeness (QED) is 0.397. The van der Waals surface area contributed by atoms with Crippen molar-refractivity contribution in [3.63, 3.8) is 0 Å². The van der Waals surface area contributed by atoms with Crippen LogP contribution in [0.5, 0.6) is 5.75 Å². The Morgan fingerprint density at radius 3 is 2.92 bits per heavy atom. The van der Waals surface area contributed by atoms with E-state index >= 15 is 0 Å². The molecule has 0 bridgehead atoms. The van der Waals surface area contributed by atoms with Gasteiger partial charge in [0.2, 0.25) is 0 Å². The molecule has 0 aromatic heterocycles. The summed E-state index contributed by atoms with van der Waals surface area (Å²) in [5, 5.41) is 3.30. The summed E-state index contributed by atoms with van der Waals surface area (Å²) in [6.07, 6.45) is 0. The lowest BCUT2D eigenvalue weighted by Crippen LogP contribution is -1.94. The topological polar surface area (TPSA) is 58.0 Å². The van der Waals surface area contributed by atoms with E-state index in [0.29, 0.717) is 0 Å². The highest BCUT2D eigenvalue weighted by Crippen LogP contribution is 2.18. The van der Waals surface area contributed by atoms with Gasteiger partial charge in [-0.25, -0.2) is 0 Å². The van der Waals surface area contributed by atoms with Crippen LogP contribution in [-0.2, 0) is 0 Å². The van der Waals surface area contributed by atoms with Gasteiger partial charge in [-0.2, -0.15) is 0 Å². The summed E-state index contributed by atoms with van der Waals surface area (Å²) in [6.45, 7) is 3.98. The van der Waals surface area contributed by atoms with Gasteiger partial charge >= 0.3 is 0 Å². The zero-order valence-electron chi connectivity index (χ0n) is 7.69. The fraction of sp³-hybridized carbons (Fsp3) is 0.333. The number of hydrogen-bond donors (Lipinski definition) is 0. The summed E-state index contributed by atoms with van der Waals surface area (Å²) < 4.78 is 5.24. The van der Waals surface area contributed by atoms with Crippen molar-refractivity contribution >= 4 is 0 Å². The molecule has 0 unspecified atom stereocenters. The number of nitrogens with zero attached hydrogens (tertiary/aromatic N) is 3. The SMILES string of the molecule is Cc1ccc(C)c(OCN=[N+]=[N-])c1. The highest BCUT2D eigenvalue weighted by molar-refractivity contribution is 5.35. The molecule has 0 fully saturated rings. The fourth-order valence-corrected chi connectivity index (χ4v) is 0.987. The van der Waals surface area contributed by atoms with Crippen molar-refractivity contribution in [3.05, 3.63) is 39.8 Å². The van der Waals surface area contributed by atoms with Gasteiger partial charge in [0.1, 0.15) is 5.75 Å². The Kier molecular flexibility index (Phi) is 3.17. The van der Waals surface area contributed by atoms with Gasteiger partial charge < -0.3 is 4.74 Å². The fourth-order valence-electron chi connectivity index (χ4n) is 0.987. The summed E-state index contributed by atoms with van der Waals surface area (Å²) in [6, 6.07) is 5.90. The molecule has 0 radical (unpaired) electrons. The Balaban J connectivity index is 2.75. The summed E-state index contributed by atoms with van der Waals surface area (Å²) in [7, 11) is 0. The molecule has 4 heteroatoms. The Labute approximate surface area is 76.8 Å². The first-order chi connectivity index (χ1) is 6.24. The highest BCUT2D eigenvalue weighted by atomic mass is 16.5. The molecule has 0 saturated heterocycles. The zero-order valence-corrected chi connectivity index (χ0v) is 7.69. The third-order valence-electron chi connectivity index (χ3n) is 1.68. The second kappa shape index (κ2) is 4.38. The second-order valence-electron chi connectivity index (χ2n) is 2.77. The molecule has 1 aromatic rings. The lowest BCUT2D eigenvalue weighted by atomic mass is 10.1. The van der Waals surface area contributed by atoms with E-state index in [-0.39, 0.29) is 6.73 Å². The molecule has 68 valence electrons. The number of benzene rings is 1. The largest absolute Gasteiger partial charge is 0.487 e. The first-order valence-electron chi connectivity index (χ1n) is 3.95. The normalized spacial score (nSPS) is 9.08. The maximum atomic E-state index is 8.05. The molecule has 0 saturated carbocycles. The predicted molar refractivity (Wildman–Crippen MR) is 50.6 cm³/mol. The molecular formula is C9H11N3O. The summed E-state index contributed by atoms with van der Waals surface area (Å²) in [5.74, 6) is 0.771. The Bertz CT molecular complexity index is 343. The third kappa shape index (κ3) is 2.69. The lowest BCUT2D eigenvalue weighted by molar-refractivity contribution is 0.327. The first kappa shape index (κ1) is 9.42. The Morgan fingerprint density at radius 1 is 1.46 bits per heavy atom. The van der Waals surface area contributed by atoms with E-state index < -0.39 is 0 Å². The van der Waals surface area contributed by atoms with Crippen molar-refractivity contribution in [1.29, 1.82) is 0 Å². The van der Waals surface area contributed by atoms with E-state index in [2.05, 4.69) is 10.0 Å². The average molecular weight is 177 g/mol. The molecular weight excluding hydrogens is 166 g/mol. The van der Waals surface area contributed by atoms with Gasteiger partial charge in [-0.1, -0.05) is 17.2 Å². The third-order valence-corrected chi connectivity index (χ3v) is 1.68. The van der Waals surface area contributed by atoms with Crippen molar-refractivity contribution < 1.29 is 4.74 Å². The van der Waals surface area contributed by atoms with Crippen LogP contribution in [0.2, 0.25) is 0 Å². The number of aryl methyl sites for hydroxylation is 2. The van der Waals surface area contributed by atoms with Crippen LogP contribution in [0.4, 0.5) is 0 Å². The van der Waals surface area contributed by atoms with Crippen LogP contribution in [0.3, 0.4) is 0 Å². The summed E-state index contributed by atoms with van der Waals surface area (Å²) in [5.41, 5.74) is 10.2. The van der Waals surface area contributed by atoms with E-state index in [0.717, 1.165) is 16.9 Å². The monoisotopic (exact) mass is 177 g/mol. The molecule has 0 atom stereocenters. The molecule has 0 heterocycles. The average Bonchev–Trinajstić information content (AvgIpc) is 2.11. The molecule has 1 rings (SSSR count).